The number of nitriles is 1. The molecule has 2 aliphatic heterocycles. The van der Waals surface area contributed by atoms with Crippen LogP contribution in [0.5, 0.6) is 5.88 Å². The molecule has 4 rings (SSSR count). The Bertz CT molecular complexity index is 916. The summed E-state index contributed by atoms with van der Waals surface area (Å²) >= 11 is 0. The lowest BCUT2D eigenvalue weighted by atomic mass is 9.89. The molecule has 1 fully saturated rings. The van der Waals surface area contributed by atoms with Crippen molar-refractivity contribution < 1.29 is 14.2 Å². The molecule has 0 atom stereocenters. The summed E-state index contributed by atoms with van der Waals surface area (Å²) in [5.41, 5.74) is 3.56. The molecule has 0 aliphatic carbocycles. The molecule has 0 bridgehead atoms. The van der Waals surface area contributed by atoms with E-state index < -0.39 is 0 Å². The molecule has 0 spiro atoms. The van der Waals surface area contributed by atoms with Gasteiger partial charge in [-0.1, -0.05) is 30.3 Å². The smallest absolute Gasteiger partial charge is 0.233 e. The maximum Gasteiger partial charge on any atom is 0.233 e. The first-order valence-electron chi connectivity index (χ1n) is 10.7. The lowest BCUT2D eigenvalue weighted by Gasteiger charge is -2.36. The summed E-state index contributed by atoms with van der Waals surface area (Å²) in [5, 5.41) is 9.94. The van der Waals surface area contributed by atoms with Crippen LogP contribution in [0.2, 0.25) is 0 Å². The van der Waals surface area contributed by atoms with Crippen LogP contribution >= 0.6 is 0 Å². The zero-order chi connectivity index (χ0) is 21.0. The van der Waals surface area contributed by atoms with Crippen molar-refractivity contribution in [1.82, 2.24) is 4.98 Å². The first-order valence-corrected chi connectivity index (χ1v) is 10.7. The molecule has 158 valence electrons. The molecule has 30 heavy (non-hydrogen) atoms. The molecular formula is C24H29N3O3. The van der Waals surface area contributed by atoms with Gasteiger partial charge in [0.1, 0.15) is 17.5 Å². The van der Waals surface area contributed by atoms with E-state index in [0.29, 0.717) is 44.3 Å². The fourth-order valence-corrected chi connectivity index (χ4v) is 4.07. The van der Waals surface area contributed by atoms with Crippen LogP contribution in [0.25, 0.3) is 0 Å². The van der Waals surface area contributed by atoms with Crippen molar-refractivity contribution in [3.63, 3.8) is 0 Å². The molecule has 0 N–H and O–H groups in total. The van der Waals surface area contributed by atoms with Crippen molar-refractivity contribution >= 4 is 5.82 Å². The Hall–Kier alpha value is -2.62. The van der Waals surface area contributed by atoms with Crippen molar-refractivity contribution in [2.75, 3.05) is 37.8 Å². The highest BCUT2D eigenvalue weighted by Gasteiger charge is 2.34. The number of rotatable bonds is 6. The second-order valence-corrected chi connectivity index (χ2v) is 8.45. The van der Waals surface area contributed by atoms with E-state index in [0.717, 1.165) is 42.9 Å². The highest BCUT2D eigenvalue weighted by molar-refractivity contribution is 5.61. The van der Waals surface area contributed by atoms with Gasteiger partial charge in [0.05, 0.1) is 32.0 Å². The first-order chi connectivity index (χ1) is 14.6. The summed E-state index contributed by atoms with van der Waals surface area (Å²) in [4.78, 5) is 7.04. The van der Waals surface area contributed by atoms with Crippen LogP contribution in [-0.4, -0.2) is 43.5 Å². The standard InChI is InChI=1S/C24H29N3O3/c1-24(2)15-19-20(16-25)23(29-12-6-9-18-7-4-3-5-8-18)26-22(21(19)17-30-24)27-10-13-28-14-11-27/h3-5,7-8H,6,9-15,17H2,1-2H3. The van der Waals surface area contributed by atoms with Gasteiger partial charge >= 0.3 is 0 Å². The number of anilines is 1. The maximum atomic E-state index is 9.94. The Balaban J connectivity index is 1.59. The number of pyridine rings is 1. The van der Waals surface area contributed by atoms with E-state index in [4.69, 9.17) is 19.2 Å². The monoisotopic (exact) mass is 407 g/mol. The second kappa shape index (κ2) is 9.03. The number of benzene rings is 1. The molecule has 1 aromatic carbocycles. The summed E-state index contributed by atoms with van der Waals surface area (Å²) in [7, 11) is 0. The van der Waals surface area contributed by atoms with Gasteiger partial charge in [0, 0.05) is 25.1 Å². The predicted octanol–water partition coefficient (Wildman–Crippen LogP) is 3.65. The number of aryl methyl sites for hydroxylation is 1. The average molecular weight is 408 g/mol. The van der Waals surface area contributed by atoms with Gasteiger partial charge in [-0.25, -0.2) is 0 Å². The first kappa shape index (κ1) is 20.6. The van der Waals surface area contributed by atoms with Crippen molar-refractivity contribution in [3.05, 3.63) is 52.6 Å². The van der Waals surface area contributed by atoms with Gasteiger partial charge < -0.3 is 19.1 Å². The van der Waals surface area contributed by atoms with Crippen LogP contribution < -0.4 is 9.64 Å². The van der Waals surface area contributed by atoms with Gasteiger partial charge in [-0.05, 0) is 37.8 Å². The zero-order valence-corrected chi connectivity index (χ0v) is 17.8. The Labute approximate surface area is 178 Å². The third kappa shape index (κ3) is 4.58. The van der Waals surface area contributed by atoms with E-state index in [-0.39, 0.29) is 5.60 Å². The highest BCUT2D eigenvalue weighted by atomic mass is 16.5. The average Bonchev–Trinajstić information content (AvgIpc) is 2.76. The van der Waals surface area contributed by atoms with Crippen LogP contribution in [0.15, 0.2) is 30.3 Å². The van der Waals surface area contributed by atoms with Gasteiger partial charge in [-0.15, -0.1) is 0 Å². The third-order valence-corrected chi connectivity index (χ3v) is 5.68. The van der Waals surface area contributed by atoms with Crippen LogP contribution in [0.1, 0.15) is 42.5 Å². The molecule has 6 heteroatoms. The van der Waals surface area contributed by atoms with E-state index in [1.54, 1.807) is 0 Å². The summed E-state index contributed by atoms with van der Waals surface area (Å²) in [6.07, 6.45) is 2.48. The Kier molecular flexibility index (Phi) is 6.21. The van der Waals surface area contributed by atoms with E-state index in [9.17, 15) is 5.26 Å². The number of fused-ring (bicyclic) bond motifs is 1. The normalized spacial score (nSPS) is 17.8. The fourth-order valence-electron chi connectivity index (χ4n) is 4.07. The number of morpholine rings is 1. The largest absolute Gasteiger partial charge is 0.477 e. The van der Waals surface area contributed by atoms with Crippen LogP contribution in [-0.2, 0) is 28.9 Å². The summed E-state index contributed by atoms with van der Waals surface area (Å²) in [6, 6.07) is 12.7. The van der Waals surface area contributed by atoms with E-state index >= 15 is 0 Å². The third-order valence-electron chi connectivity index (χ3n) is 5.68. The molecule has 0 unspecified atom stereocenters. The van der Waals surface area contributed by atoms with Crippen molar-refractivity contribution in [2.45, 2.75) is 45.3 Å². The minimum Gasteiger partial charge on any atom is -0.477 e. The fraction of sp³-hybridized carbons (Fsp3) is 0.500. The highest BCUT2D eigenvalue weighted by Crippen LogP contribution is 2.38. The number of aromatic nitrogens is 1. The van der Waals surface area contributed by atoms with Crippen molar-refractivity contribution in [3.8, 4) is 11.9 Å². The second-order valence-electron chi connectivity index (χ2n) is 8.45. The molecule has 6 nitrogen and oxygen atoms in total. The van der Waals surface area contributed by atoms with Gasteiger partial charge in [-0.2, -0.15) is 10.2 Å². The lowest BCUT2D eigenvalue weighted by Crippen LogP contribution is -2.39. The van der Waals surface area contributed by atoms with Crippen LogP contribution in [0, 0.1) is 11.3 Å². The number of ether oxygens (including phenoxy) is 3. The maximum absolute atomic E-state index is 9.94. The Morgan fingerprint density at radius 1 is 1.17 bits per heavy atom. The minimum atomic E-state index is -0.313. The summed E-state index contributed by atoms with van der Waals surface area (Å²) in [5.74, 6) is 1.32. The Morgan fingerprint density at radius 3 is 2.67 bits per heavy atom. The number of hydrogen-bond acceptors (Lipinski definition) is 6. The molecule has 2 aromatic rings. The van der Waals surface area contributed by atoms with Gasteiger partial charge in [0.25, 0.3) is 0 Å². The molecule has 0 amide bonds. The quantitative estimate of drug-likeness (QED) is 0.681. The van der Waals surface area contributed by atoms with E-state index in [2.05, 4.69) is 36.9 Å². The number of hydrogen-bond donors (Lipinski definition) is 0. The topological polar surface area (TPSA) is 67.6 Å². The molecule has 0 radical (unpaired) electrons. The lowest BCUT2D eigenvalue weighted by molar-refractivity contribution is -0.0402. The molecule has 1 saturated heterocycles. The summed E-state index contributed by atoms with van der Waals surface area (Å²) < 4.78 is 17.7. The van der Waals surface area contributed by atoms with E-state index in [1.165, 1.54) is 5.56 Å². The van der Waals surface area contributed by atoms with Gasteiger partial charge in [-0.3, -0.25) is 0 Å². The van der Waals surface area contributed by atoms with Crippen LogP contribution in [0.3, 0.4) is 0 Å². The van der Waals surface area contributed by atoms with Gasteiger partial charge in [0.2, 0.25) is 5.88 Å². The molecule has 2 aliphatic rings. The minimum absolute atomic E-state index is 0.313. The summed E-state index contributed by atoms with van der Waals surface area (Å²) in [6.45, 7) is 8.03. The Morgan fingerprint density at radius 2 is 1.93 bits per heavy atom. The van der Waals surface area contributed by atoms with Gasteiger partial charge in [0.15, 0.2) is 0 Å². The molecule has 3 heterocycles. The molecule has 1 aromatic heterocycles. The number of nitrogens with zero attached hydrogens (tertiary/aromatic N) is 3. The predicted molar refractivity (Wildman–Crippen MR) is 115 cm³/mol. The SMILES string of the molecule is CC1(C)Cc2c(C#N)c(OCCCc3ccccc3)nc(N3CCOCC3)c2CO1. The van der Waals surface area contributed by atoms with Crippen LogP contribution in [0.4, 0.5) is 5.82 Å². The van der Waals surface area contributed by atoms with E-state index in [1.807, 2.05) is 18.2 Å². The zero-order valence-electron chi connectivity index (χ0n) is 17.8. The van der Waals surface area contributed by atoms with Crippen molar-refractivity contribution in [2.24, 2.45) is 0 Å². The van der Waals surface area contributed by atoms with Crippen molar-refractivity contribution in [1.29, 1.82) is 5.26 Å². The molecule has 0 saturated carbocycles. The molecular weight excluding hydrogens is 378 g/mol.